The number of benzene rings is 2. The summed E-state index contributed by atoms with van der Waals surface area (Å²) in [7, 11) is 0. The maximum atomic E-state index is 12.8. The fourth-order valence-corrected chi connectivity index (χ4v) is 5.67. The first-order valence-electron chi connectivity index (χ1n) is 11.6. The van der Waals surface area contributed by atoms with Crippen molar-refractivity contribution in [2.45, 2.75) is 19.4 Å². The van der Waals surface area contributed by atoms with Crippen molar-refractivity contribution in [2.75, 3.05) is 31.1 Å². The molecule has 0 radical (unpaired) electrons. The van der Waals surface area contributed by atoms with Crippen molar-refractivity contribution in [1.29, 1.82) is 0 Å². The number of nitrogens with zero attached hydrogens (tertiary/aromatic N) is 4. The highest BCUT2D eigenvalue weighted by molar-refractivity contribution is 7.17. The van der Waals surface area contributed by atoms with Crippen molar-refractivity contribution in [2.24, 2.45) is 0 Å². The second-order valence-electron chi connectivity index (χ2n) is 8.73. The van der Waals surface area contributed by atoms with Crippen molar-refractivity contribution in [3.8, 4) is 5.75 Å². The Hall–Kier alpha value is -2.91. The van der Waals surface area contributed by atoms with Crippen LogP contribution in [-0.4, -0.2) is 51.4 Å². The summed E-state index contributed by atoms with van der Waals surface area (Å²) in [6, 6.07) is 15.5. The number of anilines is 1. The molecule has 2 aromatic heterocycles. The highest BCUT2D eigenvalue weighted by atomic mass is 35.5. The van der Waals surface area contributed by atoms with E-state index in [1.807, 2.05) is 18.2 Å². The Morgan fingerprint density at radius 2 is 1.78 bits per heavy atom. The van der Waals surface area contributed by atoms with Gasteiger partial charge in [0, 0.05) is 55.9 Å². The molecule has 0 spiro atoms. The van der Waals surface area contributed by atoms with Crippen LogP contribution in [0.1, 0.15) is 27.3 Å². The number of piperazine rings is 1. The van der Waals surface area contributed by atoms with Crippen molar-refractivity contribution < 1.29 is 9.90 Å². The number of ketones is 1. The minimum atomic E-state index is -0.630. The summed E-state index contributed by atoms with van der Waals surface area (Å²) in [6.07, 6.45) is 2.18. The van der Waals surface area contributed by atoms with Crippen molar-refractivity contribution in [3.63, 3.8) is 0 Å². The molecule has 0 aliphatic carbocycles. The van der Waals surface area contributed by atoms with Gasteiger partial charge in [-0.05, 0) is 36.2 Å². The molecule has 1 aliphatic rings. The van der Waals surface area contributed by atoms with Crippen molar-refractivity contribution in [3.05, 3.63) is 91.3 Å². The monoisotopic (exact) mass is 542 g/mol. The number of carbonyl (C=O) groups excluding carboxylic acids is 1. The lowest BCUT2D eigenvalue weighted by atomic mass is 10.1. The molecule has 1 N–H and O–H groups in total. The van der Waals surface area contributed by atoms with Crippen LogP contribution in [0.3, 0.4) is 0 Å². The van der Waals surface area contributed by atoms with E-state index in [-0.39, 0.29) is 12.1 Å². The van der Waals surface area contributed by atoms with Gasteiger partial charge in [0.05, 0.1) is 10.0 Å². The zero-order valence-electron chi connectivity index (χ0n) is 19.4. The highest BCUT2D eigenvalue weighted by Gasteiger charge is 2.22. The molecular weight excluding hydrogens is 519 g/mol. The highest BCUT2D eigenvalue weighted by Crippen LogP contribution is 2.25. The number of aromatic nitrogens is 2. The zero-order valence-corrected chi connectivity index (χ0v) is 21.7. The van der Waals surface area contributed by atoms with Gasteiger partial charge in [-0.2, -0.15) is 0 Å². The third-order valence-corrected chi connectivity index (χ3v) is 8.02. The number of hydrogen-bond acceptors (Lipinski definition) is 7. The molecule has 1 aliphatic heterocycles. The molecule has 2 aromatic carbocycles. The standard InChI is InChI=1S/C26H24Cl2N4O3S/c27-20-8-6-17(14-21(20)28)7-9-22(33)23-24(34)25(35)32-16-19(36-26(32)29-23)15-30-10-12-31(13-11-30)18-4-2-1-3-5-18/h1-6,8,14,16,34H,7,9-13,15H2. The smallest absolute Gasteiger partial charge is 0.301 e. The molecule has 7 nitrogen and oxygen atoms in total. The molecule has 36 heavy (non-hydrogen) atoms. The topological polar surface area (TPSA) is 78.2 Å². The lowest BCUT2D eigenvalue weighted by Crippen LogP contribution is -2.45. The van der Waals surface area contributed by atoms with Crippen LogP contribution in [0.2, 0.25) is 10.0 Å². The molecule has 0 atom stereocenters. The Morgan fingerprint density at radius 3 is 2.50 bits per heavy atom. The van der Waals surface area contributed by atoms with Gasteiger partial charge in [0.1, 0.15) is 0 Å². The molecular formula is C26H24Cl2N4O3S. The van der Waals surface area contributed by atoms with Gasteiger partial charge in [-0.15, -0.1) is 0 Å². The number of hydrogen-bond donors (Lipinski definition) is 1. The van der Waals surface area contributed by atoms with Gasteiger partial charge in [-0.25, -0.2) is 4.98 Å². The quantitative estimate of drug-likeness (QED) is 0.334. The fraction of sp³-hybridized carbons (Fsp3) is 0.269. The van der Waals surface area contributed by atoms with Crippen LogP contribution in [0.4, 0.5) is 5.69 Å². The van der Waals surface area contributed by atoms with Crippen molar-refractivity contribution in [1.82, 2.24) is 14.3 Å². The van der Waals surface area contributed by atoms with E-state index in [0.717, 1.165) is 36.6 Å². The number of thiazole rings is 1. The van der Waals surface area contributed by atoms with E-state index in [2.05, 4.69) is 26.9 Å². The van der Waals surface area contributed by atoms with Gasteiger partial charge >= 0.3 is 5.56 Å². The van der Waals surface area contributed by atoms with E-state index in [1.165, 1.54) is 21.4 Å². The number of aromatic hydroxyl groups is 1. The van der Waals surface area contributed by atoms with E-state index in [9.17, 15) is 14.7 Å². The molecule has 0 bridgehead atoms. The number of halogens is 2. The maximum Gasteiger partial charge on any atom is 0.301 e. The number of fused-ring (bicyclic) bond motifs is 1. The maximum absolute atomic E-state index is 12.8. The van der Waals surface area contributed by atoms with Crippen molar-refractivity contribution >= 4 is 51.0 Å². The Balaban J connectivity index is 1.27. The largest absolute Gasteiger partial charge is 0.501 e. The van der Waals surface area contributed by atoms with Crippen LogP contribution >= 0.6 is 34.5 Å². The number of Topliss-reactive ketones (excluding diaryl/α,β-unsaturated/α-hetero) is 1. The van der Waals surface area contributed by atoms with E-state index in [1.54, 1.807) is 24.4 Å². The van der Waals surface area contributed by atoms with Crippen LogP contribution in [0.25, 0.3) is 4.96 Å². The first-order chi connectivity index (χ1) is 17.4. The summed E-state index contributed by atoms with van der Waals surface area (Å²) in [5.74, 6) is -1.02. The molecule has 5 rings (SSSR count). The molecule has 3 heterocycles. The predicted octanol–water partition coefficient (Wildman–Crippen LogP) is 4.91. The second kappa shape index (κ2) is 10.6. The molecule has 186 valence electrons. The zero-order chi connectivity index (χ0) is 25.2. The van der Waals surface area contributed by atoms with Crippen LogP contribution in [0.5, 0.6) is 5.75 Å². The fourth-order valence-electron chi connectivity index (χ4n) is 4.34. The van der Waals surface area contributed by atoms with Crippen LogP contribution in [0.15, 0.2) is 59.5 Å². The lowest BCUT2D eigenvalue weighted by molar-refractivity contribution is 0.0975. The summed E-state index contributed by atoms with van der Waals surface area (Å²) >= 11 is 13.4. The first kappa shape index (κ1) is 24.8. The van der Waals surface area contributed by atoms with Gasteiger partial charge in [-0.3, -0.25) is 18.9 Å². The third kappa shape index (κ3) is 5.27. The molecule has 1 saturated heterocycles. The number of para-hydroxylation sites is 1. The minimum absolute atomic E-state index is 0.0814. The third-order valence-electron chi connectivity index (χ3n) is 6.32. The Labute approximate surface area is 222 Å². The first-order valence-corrected chi connectivity index (χ1v) is 13.2. The number of carbonyl (C=O) groups is 1. The second-order valence-corrected chi connectivity index (χ2v) is 10.6. The Bertz CT molecular complexity index is 1460. The summed E-state index contributed by atoms with van der Waals surface area (Å²) in [4.78, 5) is 36.0. The van der Waals surface area contributed by atoms with Gasteiger partial charge < -0.3 is 10.0 Å². The lowest BCUT2D eigenvalue weighted by Gasteiger charge is -2.35. The Kier molecular flexibility index (Phi) is 7.29. The summed E-state index contributed by atoms with van der Waals surface area (Å²) < 4.78 is 1.32. The van der Waals surface area contributed by atoms with Crippen LogP contribution in [-0.2, 0) is 13.0 Å². The Morgan fingerprint density at radius 1 is 1.03 bits per heavy atom. The minimum Gasteiger partial charge on any atom is -0.501 e. The number of aryl methyl sites for hydroxylation is 1. The molecule has 1 fully saturated rings. The molecule has 4 aromatic rings. The van der Waals surface area contributed by atoms with Gasteiger partial charge in [0.2, 0.25) is 5.75 Å². The summed E-state index contributed by atoms with van der Waals surface area (Å²) in [5, 5.41) is 11.3. The molecule has 10 heteroatoms. The predicted molar refractivity (Wildman–Crippen MR) is 144 cm³/mol. The van der Waals surface area contributed by atoms with Crippen LogP contribution in [0, 0.1) is 0 Å². The van der Waals surface area contributed by atoms with E-state index < -0.39 is 17.1 Å². The van der Waals surface area contributed by atoms with E-state index >= 15 is 0 Å². The van der Waals surface area contributed by atoms with Gasteiger partial charge in [0.15, 0.2) is 16.4 Å². The molecule has 0 saturated carbocycles. The number of rotatable bonds is 7. The van der Waals surface area contributed by atoms with Gasteiger partial charge in [-0.1, -0.05) is 58.8 Å². The van der Waals surface area contributed by atoms with Gasteiger partial charge in [0.25, 0.3) is 0 Å². The van der Waals surface area contributed by atoms with E-state index in [4.69, 9.17) is 23.2 Å². The van der Waals surface area contributed by atoms with Crippen LogP contribution < -0.4 is 10.5 Å². The molecule has 0 unspecified atom stereocenters. The SMILES string of the molecule is O=C(CCc1ccc(Cl)c(Cl)c1)c1nc2sc(CN3CCN(c4ccccc4)CC3)cn2c(=O)c1O. The average molecular weight is 543 g/mol. The normalized spacial score (nSPS) is 14.4. The molecule has 0 amide bonds. The van der Waals surface area contributed by atoms with E-state index in [0.29, 0.717) is 28.0 Å². The average Bonchev–Trinajstić information content (AvgIpc) is 3.30. The summed E-state index contributed by atoms with van der Waals surface area (Å²) in [6.45, 7) is 4.32. The summed E-state index contributed by atoms with van der Waals surface area (Å²) in [5.41, 5.74) is 1.24.